The Hall–Kier alpha value is -3.21. The number of benzene rings is 2. The van der Waals surface area contributed by atoms with Gasteiger partial charge in [0, 0.05) is 5.02 Å². The average Bonchev–Trinajstić information content (AvgIpc) is 3.06. The van der Waals surface area contributed by atoms with Crippen molar-refractivity contribution < 1.29 is 35.9 Å². The van der Waals surface area contributed by atoms with E-state index in [9.17, 15) is 31.1 Å². The van der Waals surface area contributed by atoms with Gasteiger partial charge in [-0.2, -0.15) is 18.3 Å². The molecule has 0 atom stereocenters. The van der Waals surface area contributed by atoms with Gasteiger partial charge >= 0.3 is 12.3 Å². The zero-order chi connectivity index (χ0) is 21.3. The van der Waals surface area contributed by atoms with E-state index in [1.165, 1.54) is 24.3 Å². The molecule has 0 spiro atoms. The van der Waals surface area contributed by atoms with Crippen LogP contribution >= 0.6 is 11.6 Å². The van der Waals surface area contributed by atoms with E-state index in [1.807, 2.05) is 0 Å². The second-order valence-electron chi connectivity index (χ2n) is 5.48. The van der Waals surface area contributed by atoms with Crippen molar-refractivity contribution in [3.05, 3.63) is 70.8 Å². The number of alkyl halides is 3. The summed E-state index contributed by atoms with van der Waals surface area (Å²) in [6.07, 6.45) is -5.94. The molecule has 1 N–H and O–H groups in total. The molecule has 0 fully saturated rings. The summed E-state index contributed by atoms with van der Waals surface area (Å²) >= 11 is 5.70. The standard InChI is InChI=1S/C17H8ClF6N3O2/c18-8-1-3-9(4-2-8)27-15(17(22,23)24)12(7-25-27)29-16(28)26-11-6-5-10(19)13(20)14(11)21/h1-7H,(H,26,28). The Bertz CT molecular complexity index is 1070. The van der Waals surface area contributed by atoms with Gasteiger partial charge in [-0.15, -0.1) is 0 Å². The van der Waals surface area contributed by atoms with Crippen molar-refractivity contribution in [2.24, 2.45) is 0 Å². The van der Waals surface area contributed by atoms with Crippen LogP contribution in [0.15, 0.2) is 42.6 Å². The van der Waals surface area contributed by atoms with Gasteiger partial charge in [-0.3, -0.25) is 5.32 Å². The first kappa shape index (κ1) is 20.5. The van der Waals surface area contributed by atoms with Crippen LogP contribution in [0.4, 0.5) is 36.8 Å². The molecular weight excluding hydrogens is 428 g/mol. The third kappa shape index (κ3) is 4.29. The number of amides is 1. The SMILES string of the molecule is O=C(Nc1ccc(F)c(F)c1F)Oc1cnn(-c2ccc(Cl)cc2)c1C(F)(F)F. The largest absolute Gasteiger partial charge is 0.437 e. The molecule has 1 amide bonds. The first-order valence-corrected chi connectivity index (χ1v) is 7.99. The van der Waals surface area contributed by atoms with E-state index >= 15 is 0 Å². The Balaban J connectivity index is 1.90. The summed E-state index contributed by atoms with van der Waals surface area (Å²) in [6, 6.07) is 6.37. The third-order valence-corrected chi connectivity index (χ3v) is 3.80. The molecule has 29 heavy (non-hydrogen) atoms. The van der Waals surface area contributed by atoms with Crippen LogP contribution in [0.3, 0.4) is 0 Å². The number of nitrogens with zero attached hydrogens (tertiary/aromatic N) is 2. The third-order valence-electron chi connectivity index (χ3n) is 3.55. The first-order chi connectivity index (χ1) is 13.6. The predicted octanol–water partition coefficient (Wildman–Crippen LogP) is 5.57. The quantitative estimate of drug-likeness (QED) is 0.432. The number of nitrogens with one attached hydrogen (secondary N) is 1. The monoisotopic (exact) mass is 435 g/mol. The van der Waals surface area contributed by atoms with E-state index in [0.717, 1.165) is 0 Å². The fourth-order valence-corrected chi connectivity index (χ4v) is 2.43. The van der Waals surface area contributed by atoms with Crippen LogP contribution in [0.2, 0.25) is 5.02 Å². The molecule has 0 saturated heterocycles. The molecule has 152 valence electrons. The van der Waals surface area contributed by atoms with Crippen LogP contribution in [0, 0.1) is 17.5 Å². The predicted molar refractivity (Wildman–Crippen MR) is 89.5 cm³/mol. The van der Waals surface area contributed by atoms with Crippen molar-refractivity contribution in [3.63, 3.8) is 0 Å². The fourth-order valence-electron chi connectivity index (χ4n) is 2.30. The minimum Gasteiger partial charge on any atom is -0.406 e. The lowest BCUT2D eigenvalue weighted by molar-refractivity contribution is -0.143. The Morgan fingerprint density at radius 2 is 1.69 bits per heavy atom. The molecule has 0 radical (unpaired) electrons. The van der Waals surface area contributed by atoms with E-state index in [-0.39, 0.29) is 10.7 Å². The number of halogens is 7. The summed E-state index contributed by atoms with van der Waals surface area (Å²) in [5, 5.41) is 5.52. The van der Waals surface area contributed by atoms with E-state index < -0.39 is 46.9 Å². The molecule has 5 nitrogen and oxygen atoms in total. The van der Waals surface area contributed by atoms with E-state index in [2.05, 4.69) is 9.84 Å². The molecule has 0 aliphatic carbocycles. The zero-order valence-corrected chi connectivity index (χ0v) is 14.7. The topological polar surface area (TPSA) is 56.1 Å². The molecule has 1 aromatic heterocycles. The van der Waals surface area contributed by atoms with Crippen LogP contribution in [0.1, 0.15) is 5.69 Å². The maximum atomic E-state index is 13.6. The van der Waals surface area contributed by atoms with Crippen LogP contribution in [0.5, 0.6) is 5.75 Å². The first-order valence-electron chi connectivity index (χ1n) is 7.61. The van der Waals surface area contributed by atoms with E-state index in [0.29, 0.717) is 23.0 Å². The minimum absolute atomic E-state index is 0.0244. The Labute approximate surface area is 163 Å². The molecular formula is C17H8ClF6N3O2. The molecule has 0 saturated carbocycles. The van der Waals surface area contributed by atoms with Gasteiger partial charge in [0.2, 0.25) is 0 Å². The summed E-state index contributed by atoms with van der Waals surface area (Å²) in [4.78, 5) is 11.9. The van der Waals surface area contributed by atoms with Gasteiger partial charge in [0.25, 0.3) is 0 Å². The van der Waals surface area contributed by atoms with Gasteiger partial charge in [0.1, 0.15) is 0 Å². The maximum Gasteiger partial charge on any atom is 0.437 e. The number of hydrogen-bond donors (Lipinski definition) is 1. The maximum absolute atomic E-state index is 13.6. The minimum atomic E-state index is -4.99. The normalized spacial score (nSPS) is 11.4. The summed E-state index contributed by atoms with van der Waals surface area (Å²) < 4.78 is 85.2. The van der Waals surface area contributed by atoms with Crippen molar-refractivity contribution in [1.29, 1.82) is 0 Å². The lowest BCUT2D eigenvalue weighted by Crippen LogP contribution is -2.21. The van der Waals surface area contributed by atoms with Crippen molar-refractivity contribution >= 4 is 23.4 Å². The number of carbonyl (C=O) groups excluding carboxylic acids is 1. The number of aromatic nitrogens is 2. The van der Waals surface area contributed by atoms with E-state index in [4.69, 9.17) is 11.6 Å². The van der Waals surface area contributed by atoms with Crippen molar-refractivity contribution in [1.82, 2.24) is 9.78 Å². The van der Waals surface area contributed by atoms with Gasteiger partial charge in [0.05, 0.1) is 17.6 Å². The van der Waals surface area contributed by atoms with Crippen molar-refractivity contribution in [2.45, 2.75) is 6.18 Å². The highest BCUT2D eigenvalue weighted by Crippen LogP contribution is 2.38. The summed E-state index contributed by atoms with van der Waals surface area (Å²) in [7, 11) is 0. The molecule has 1 heterocycles. The highest BCUT2D eigenvalue weighted by atomic mass is 35.5. The van der Waals surface area contributed by atoms with Gasteiger partial charge in [-0.05, 0) is 36.4 Å². The second-order valence-corrected chi connectivity index (χ2v) is 5.92. The van der Waals surface area contributed by atoms with Crippen LogP contribution in [-0.2, 0) is 6.18 Å². The summed E-state index contributed by atoms with van der Waals surface area (Å²) in [5.74, 6) is -6.11. The molecule has 3 rings (SSSR count). The number of rotatable bonds is 3. The zero-order valence-electron chi connectivity index (χ0n) is 13.9. The van der Waals surface area contributed by atoms with Gasteiger partial charge in [0.15, 0.2) is 28.9 Å². The highest BCUT2D eigenvalue weighted by molar-refractivity contribution is 6.30. The molecule has 0 aliphatic heterocycles. The molecule has 0 bridgehead atoms. The second kappa shape index (κ2) is 7.66. The lowest BCUT2D eigenvalue weighted by Gasteiger charge is -2.13. The summed E-state index contributed by atoms with van der Waals surface area (Å²) in [6.45, 7) is 0. The van der Waals surface area contributed by atoms with Gasteiger partial charge < -0.3 is 4.74 Å². The molecule has 12 heteroatoms. The van der Waals surface area contributed by atoms with Crippen molar-refractivity contribution in [3.8, 4) is 11.4 Å². The average molecular weight is 436 g/mol. The smallest absolute Gasteiger partial charge is 0.406 e. The van der Waals surface area contributed by atoms with Crippen LogP contribution in [0.25, 0.3) is 5.69 Å². The Morgan fingerprint density at radius 3 is 2.31 bits per heavy atom. The number of ether oxygens (including phenoxy) is 1. The molecule has 3 aromatic rings. The number of anilines is 1. The number of carbonyl (C=O) groups is 1. The van der Waals surface area contributed by atoms with Gasteiger partial charge in [-0.1, -0.05) is 11.6 Å². The van der Waals surface area contributed by atoms with Crippen molar-refractivity contribution in [2.75, 3.05) is 5.32 Å². The van der Waals surface area contributed by atoms with Crippen LogP contribution < -0.4 is 10.1 Å². The van der Waals surface area contributed by atoms with Gasteiger partial charge in [-0.25, -0.2) is 22.6 Å². The van der Waals surface area contributed by atoms with Crippen LogP contribution in [-0.4, -0.2) is 15.9 Å². The molecule has 2 aromatic carbocycles. The Morgan fingerprint density at radius 1 is 1.03 bits per heavy atom. The fraction of sp³-hybridized carbons (Fsp3) is 0.0588. The number of hydrogen-bond acceptors (Lipinski definition) is 3. The lowest BCUT2D eigenvalue weighted by atomic mass is 10.3. The summed E-state index contributed by atoms with van der Waals surface area (Å²) in [5.41, 5.74) is -2.28. The molecule has 0 unspecified atom stereocenters. The molecule has 0 aliphatic rings. The highest BCUT2D eigenvalue weighted by Gasteiger charge is 2.40. The Kier molecular flexibility index (Phi) is 5.42. The van der Waals surface area contributed by atoms with E-state index in [1.54, 1.807) is 5.32 Å².